The van der Waals surface area contributed by atoms with Crippen LogP contribution in [0.2, 0.25) is 0 Å². The molecule has 0 spiro atoms. The summed E-state index contributed by atoms with van der Waals surface area (Å²) in [6.45, 7) is 6.69. The molecule has 5 heteroatoms. The Kier molecular flexibility index (Phi) is 4.90. The zero-order valence-electron chi connectivity index (χ0n) is 15.3. The monoisotopic (exact) mass is 357 g/mol. The normalized spacial score (nSPS) is 17.6. The SMILES string of the molecule is CCCOc1ccc(F)cc1-c1ccc2c(c1)CC(C)(C)C2NC(=O)O. The first-order valence-corrected chi connectivity index (χ1v) is 8.87. The van der Waals surface area contributed by atoms with E-state index in [1.807, 2.05) is 39.0 Å². The van der Waals surface area contributed by atoms with Crippen molar-refractivity contribution in [3.05, 3.63) is 53.3 Å². The molecule has 138 valence electrons. The lowest BCUT2D eigenvalue weighted by Crippen LogP contribution is -2.34. The number of hydrogen-bond donors (Lipinski definition) is 2. The summed E-state index contributed by atoms with van der Waals surface area (Å²) in [6, 6.07) is 10.2. The van der Waals surface area contributed by atoms with E-state index in [0.717, 1.165) is 29.5 Å². The van der Waals surface area contributed by atoms with Gasteiger partial charge in [-0.05, 0) is 53.1 Å². The van der Waals surface area contributed by atoms with Gasteiger partial charge < -0.3 is 15.2 Å². The maximum absolute atomic E-state index is 13.8. The molecular formula is C21H24FNO3. The first kappa shape index (κ1) is 18.2. The first-order chi connectivity index (χ1) is 12.3. The highest BCUT2D eigenvalue weighted by Crippen LogP contribution is 2.46. The zero-order valence-corrected chi connectivity index (χ0v) is 15.3. The number of halogens is 1. The van der Waals surface area contributed by atoms with Crippen molar-refractivity contribution in [2.75, 3.05) is 6.61 Å². The van der Waals surface area contributed by atoms with Crippen LogP contribution in [0.15, 0.2) is 36.4 Å². The van der Waals surface area contributed by atoms with Gasteiger partial charge in [-0.1, -0.05) is 39.0 Å². The number of carbonyl (C=O) groups is 1. The molecule has 0 saturated carbocycles. The highest BCUT2D eigenvalue weighted by Gasteiger charge is 2.40. The van der Waals surface area contributed by atoms with Gasteiger partial charge in [0.1, 0.15) is 11.6 Å². The summed E-state index contributed by atoms with van der Waals surface area (Å²) < 4.78 is 19.6. The molecule has 0 aromatic heterocycles. The second-order valence-electron chi connectivity index (χ2n) is 7.45. The predicted molar refractivity (Wildman–Crippen MR) is 99.0 cm³/mol. The van der Waals surface area contributed by atoms with E-state index in [0.29, 0.717) is 17.9 Å². The van der Waals surface area contributed by atoms with Crippen LogP contribution in [0.3, 0.4) is 0 Å². The van der Waals surface area contributed by atoms with Gasteiger partial charge in [0.05, 0.1) is 12.6 Å². The standard InChI is InChI=1S/C21H24FNO3/c1-4-9-26-18-8-6-15(22)11-17(18)13-5-7-16-14(10-13)12-21(2,3)19(16)23-20(24)25/h5-8,10-11,19,23H,4,9,12H2,1-3H3,(H,24,25). The molecule has 0 heterocycles. The Bertz CT molecular complexity index is 832. The molecule has 1 aliphatic carbocycles. The van der Waals surface area contributed by atoms with Crippen LogP contribution in [0.5, 0.6) is 5.75 Å². The largest absolute Gasteiger partial charge is 0.493 e. The Morgan fingerprint density at radius 3 is 2.77 bits per heavy atom. The Morgan fingerprint density at radius 2 is 2.08 bits per heavy atom. The van der Waals surface area contributed by atoms with Gasteiger partial charge in [0.2, 0.25) is 0 Å². The summed E-state index contributed by atoms with van der Waals surface area (Å²) in [4.78, 5) is 11.2. The number of fused-ring (bicyclic) bond motifs is 1. The maximum Gasteiger partial charge on any atom is 0.405 e. The lowest BCUT2D eigenvalue weighted by atomic mass is 9.85. The number of nitrogens with one attached hydrogen (secondary N) is 1. The van der Waals surface area contributed by atoms with Crippen molar-refractivity contribution in [1.29, 1.82) is 0 Å². The molecule has 2 aromatic carbocycles. The van der Waals surface area contributed by atoms with Crippen LogP contribution in [0.4, 0.5) is 9.18 Å². The van der Waals surface area contributed by atoms with Gasteiger partial charge in [-0.2, -0.15) is 0 Å². The summed E-state index contributed by atoms with van der Waals surface area (Å²) in [5.74, 6) is 0.348. The molecule has 3 rings (SSSR count). The maximum atomic E-state index is 13.8. The van der Waals surface area contributed by atoms with Gasteiger partial charge in [0.25, 0.3) is 0 Å². The fraction of sp³-hybridized carbons (Fsp3) is 0.381. The van der Waals surface area contributed by atoms with Crippen LogP contribution in [-0.2, 0) is 6.42 Å². The molecule has 0 saturated heterocycles. The number of benzene rings is 2. The van der Waals surface area contributed by atoms with E-state index in [1.54, 1.807) is 6.07 Å². The van der Waals surface area contributed by atoms with E-state index in [1.165, 1.54) is 12.1 Å². The molecule has 0 radical (unpaired) electrons. The Balaban J connectivity index is 2.01. The van der Waals surface area contributed by atoms with Crippen LogP contribution in [0, 0.1) is 11.2 Å². The highest BCUT2D eigenvalue weighted by molar-refractivity contribution is 5.72. The van der Waals surface area contributed by atoms with Crippen LogP contribution in [0.25, 0.3) is 11.1 Å². The van der Waals surface area contributed by atoms with Crippen LogP contribution < -0.4 is 10.1 Å². The average molecular weight is 357 g/mol. The number of ether oxygens (including phenoxy) is 1. The fourth-order valence-electron chi connectivity index (χ4n) is 3.68. The summed E-state index contributed by atoms with van der Waals surface area (Å²) in [6.07, 6.45) is 0.597. The molecule has 1 aliphatic rings. The summed E-state index contributed by atoms with van der Waals surface area (Å²) in [5.41, 5.74) is 3.43. The fourth-order valence-corrected chi connectivity index (χ4v) is 3.68. The van der Waals surface area contributed by atoms with Crippen molar-refractivity contribution in [1.82, 2.24) is 5.32 Å². The third-order valence-corrected chi connectivity index (χ3v) is 4.86. The summed E-state index contributed by atoms with van der Waals surface area (Å²) >= 11 is 0. The van der Waals surface area contributed by atoms with Gasteiger partial charge in [-0.15, -0.1) is 0 Å². The smallest absolute Gasteiger partial charge is 0.405 e. The molecule has 1 unspecified atom stereocenters. The van der Waals surface area contributed by atoms with E-state index in [-0.39, 0.29) is 17.3 Å². The van der Waals surface area contributed by atoms with E-state index < -0.39 is 6.09 Å². The van der Waals surface area contributed by atoms with E-state index >= 15 is 0 Å². The molecule has 0 fully saturated rings. The predicted octanol–water partition coefficient (Wildman–Crippen LogP) is 5.17. The number of amides is 1. The minimum atomic E-state index is -1.03. The molecule has 2 N–H and O–H groups in total. The molecule has 0 bridgehead atoms. The molecular weight excluding hydrogens is 333 g/mol. The third kappa shape index (κ3) is 3.52. The van der Waals surface area contributed by atoms with Crippen molar-refractivity contribution in [3.8, 4) is 16.9 Å². The van der Waals surface area contributed by atoms with E-state index in [9.17, 15) is 9.18 Å². The second kappa shape index (κ2) is 6.98. The minimum absolute atomic E-state index is 0.219. The van der Waals surface area contributed by atoms with Gasteiger partial charge in [-0.3, -0.25) is 0 Å². The zero-order chi connectivity index (χ0) is 18.9. The quantitative estimate of drug-likeness (QED) is 0.776. The van der Waals surface area contributed by atoms with Crippen LogP contribution >= 0.6 is 0 Å². The van der Waals surface area contributed by atoms with Crippen molar-refractivity contribution in [2.45, 2.75) is 39.7 Å². The van der Waals surface area contributed by atoms with Crippen molar-refractivity contribution in [2.24, 2.45) is 5.41 Å². The molecule has 1 amide bonds. The van der Waals surface area contributed by atoms with Crippen LogP contribution in [-0.4, -0.2) is 17.8 Å². The second-order valence-corrected chi connectivity index (χ2v) is 7.45. The summed E-state index contributed by atoms with van der Waals surface area (Å²) in [7, 11) is 0. The lowest BCUT2D eigenvalue weighted by Gasteiger charge is -2.27. The summed E-state index contributed by atoms with van der Waals surface area (Å²) in [5, 5.41) is 11.8. The van der Waals surface area contributed by atoms with Crippen LogP contribution in [0.1, 0.15) is 44.4 Å². The van der Waals surface area contributed by atoms with E-state index in [2.05, 4.69) is 5.32 Å². The van der Waals surface area contributed by atoms with Gasteiger partial charge >= 0.3 is 6.09 Å². The van der Waals surface area contributed by atoms with Gasteiger partial charge in [0.15, 0.2) is 0 Å². The Labute approximate surface area is 153 Å². The molecule has 26 heavy (non-hydrogen) atoms. The van der Waals surface area contributed by atoms with Gasteiger partial charge in [0, 0.05) is 5.56 Å². The third-order valence-electron chi connectivity index (χ3n) is 4.86. The molecule has 2 aromatic rings. The highest BCUT2D eigenvalue weighted by atomic mass is 19.1. The van der Waals surface area contributed by atoms with Crippen molar-refractivity contribution < 1.29 is 19.0 Å². The first-order valence-electron chi connectivity index (χ1n) is 8.87. The number of hydrogen-bond acceptors (Lipinski definition) is 2. The molecule has 1 atom stereocenters. The van der Waals surface area contributed by atoms with Gasteiger partial charge in [-0.25, -0.2) is 9.18 Å². The topological polar surface area (TPSA) is 58.6 Å². The molecule has 4 nitrogen and oxygen atoms in total. The average Bonchev–Trinajstić information content (AvgIpc) is 2.82. The van der Waals surface area contributed by atoms with Crippen molar-refractivity contribution in [3.63, 3.8) is 0 Å². The number of rotatable bonds is 5. The Morgan fingerprint density at radius 1 is 1.31 bits per heavy atom. The lowest BCUT2D eigenvalue weighted by molar-refractivity contribution is 0.175. The molecule has 0 aliphatic heterocycles. The van der Waals surface area contributed by atoms with E-state index in [4.69, 9.17) is 9.84 Å². The Hall–Kier alpha value is -2.56. The minimum Gasteiger partial charge on any atom is -0.493 e. The van der Waals surface area contributed by atoms with Crippen molar-refractivity contribution >= 4 is 6.09 Å². The number of carboxylic acid groups (broad SMARTS) is 1.